The fraction of sp³-hybridized carbons (Fsp3) is 0.0769. The lowest BCUT2D eigenvalue weighted by Crippen LogP contribution is -2.05. The molecule has 0 amide bonds. The Morgan fingerprint density at radius 3 is 2.41 bits per heavy atom. The number of halogens is 4. The van der Waals surface area contributed by atoms with Crippen LogP contribution in [-0.4, -0.2) is 5.38 Å². The largest absolute Gasteiger partial charge is 0.373 e. The van der Waals surface area contributed by atoms with E-state index in [2.05, 4.69) is 11.6 Å². The molecule has 0 unspecified atom stereocenters. The maximum Gasteiger partial charge on any atom is 0.373 e. The highest BCUT2D eigenvalue weighted by Crippen LogP contribution is 2.32. The Kier molecular flexibility index (Phi) is 3.11. The van der Waals surface area contributed by atoms with Gasteiger partial charge in [0.1, 0.15) is 0 Å². The number of hydrogen-bond acceptors (Lipinski definition) is 0. The highest BCUT2D eigenvalue weighted by molar-refractivity contribution is 6.23. The summed E-state index contributed by atoms with van der Waals surface area (Å²) in [5.41, 5.74) is 0.376. The molecule has 2 aromatic rings. The van der Waals surface area contributed by atoms with Crippen LogP contribution in [0.25, 0.3) is 16.8 Å². The predicted octanol–water partition coefficient (Wildman–Crippen LogP) is 4.98. The number of benzene rings is 2. The lowest BCUT2D eigenvalue weighted by atomic mass is 10.0. The van der Waals surface area contributed by atoms with E-state index in [0.717, 1.165) is 11.5 Å². The smallest absolute Gasteiger partial charge is 0.204 e. The predicted molar refractivity (Wildman–Crippen MR) is 63.8 cm³/mol. The zero-order valence-electron chi connectivity index (χ0n) is 8.63. The molecule has 0 heterocycles. The summed E-state index contributed by atoms with van der Waals surface area (Å²) >= 11 is 4.61. The van der Waals surface area contributed by atoms with Crippen molar-refractivity contribution < 1.29 is 13.2 Å². The molecule has 0 saturated heterocycles. The molecule has 0 nitrogen and oxygen atoms in total. The first-order chi connectivity index (χ1) is 7.98. The monoisotopic (exact) mass is 256 g/mol. The van der Waals surface area contributed by atoms with Crippen molar-refractivity contribution in [2.75, 3.05) is 0 Å². The van der Waals surface area contributed by atoms with Crippen LogP contribution in [0.2, 0.25) is 0 Å². The maximum atomic E-state index is 13.1. The van der Waals surface area contributed by atoms with Crippen LogP contribution < -0.4 is 0 Å². The second-order valence-electron chi connectivity index (χ2n) is 3.56. The van der Waals surface area contributed by atoms with Crippen LogP contribution in [0.3, 0.4) is 0 Å². The van der Waals surface area contributed by atoms with Crippen molar-refractivity contribution in [2.45, 2.75) is 5.38 Å². The Morgan fingerprint density at radius 1 is 1.06 bits per heavy atom. The van der Waals surface area contributed by atoms with Gasteiger partial charge in [-0.3, -0.25) is 0 Å². The van der Waals surface area contributed by atoms with E-state index in [-0.39, 0.29) is 0 Å². The second-order valence-corrected chi connectivity index (χ2v) is 4.03. The van der Waals surface area contributed by atoms with Gasteiger partial charge in [-0.2, -0.15) is 8.78 Å². The normalized spacial score (nSPS) is 13.1. The minimum atomic E-state index is -3.96. The number of rotatable bonds is 2. The molecule has 0 N–H and O–H groups in total. The zero-order chi connectivity index (χ0) is 12.5. The van der Waals surface area contributed by atoms with Crippen molar-refractivity contribution >= 4 is 28.4 Å². The van der Waals surface area contributed by atoms with Crippen LogP contribution in [0, 0.1) is 0 Å². The Balaban J connectivity index is 2.57. The quantitative estimate of drug-likeness (QED) is 0.665. The summed E-state index contributed by atoms with van der Waals surface area (Å²) in [5, 5.41) is -2.41. The van der Waals surface area contributed by atoms with Gasteiger partial charge < -0.3 is 0 Å². The third-order valence-electron chi connectivity index (χ3n) is 2.38. The highest BCUT2D eigenvalue weighted by atomic mass is 35.5. The van der Waals surface area contributed by atoms with Gasteiger partial charge in [-0.15, -0.1) is 0 Å². The van der Waals surface area contributed by atoms with Gasteiger partial charge in [0.15, 0.2) is 5.83 Å². The first-order valence-corrected chi connectivity index (χ1v) is 5.28. The van der Waals surface area contributed by atoms with Gasteiger partial charge in [0, 0.05) is 0 Å². The van der Waals surface area contributed by atoms with Crippen LogP contribution in [0.1, 0.15) is 5.56 Å². The molecule has 0 aliphatic carbocycles. The van der Waals surface area contributed by atoms with Crippen LogP contribution in [0.5, 0.6) is 0 Å². The van der Waals surface area contributed by atoms with E-state index in [4.69, 9.17) is 0 Å². The molecule has 17 heavy (non-hydrogen) atoms. The van der Waals surface area contributed by atoms with Gasteiger partial charge in [0.2, 0.25) is 0 Å². The average Bonchev–Trinajstić information content (AvgIpc) is 2.28. The molecule has 0 radical (unpaired) electrons. The Morgan fingerprint density at radius 2 is 1.71 bits per heavy atom. The SMILES string of the molecule is F/C(=C\c1cccc2ccccc12)C(F)(F)Cl. The molecule has 0 fully saturated rings. The van der Waals surface area contributed by atoms with Crippen LogP contribution in [0.4, 0.5) is 13.2 Å². The number of hydrogen-bond donors (Lipinski definition) is 0. The molecular formula is C13H8ClF3. The Labute approximate surface area is 101 Å². The Hall–Kier alpha value is -1.48. The molecule has 0 aromatic heterocycles. The summed E-state index contributed by atoms with van der Waals surface area (Å²) in [7, 11) is 0. The third-order valence-corrected chi connectivity index (χ3v) is 2.56. The summed E-state index contributed by atoms with van der Waals surface area (Å²) in [4.78, 5) is 0. The number of allylic oxidation sites excluding steroid dienone is 1. The van der Waals surface area contributed by atoms with Crippen molar-refractivity contribution in [3.63, 3.8) is 0 Å². The minimum absolute atomic E-state index is 0.376. The minimum Gasteiger partial charge on any atom is -0.204 e. The molecule has 0 saturated carbocycles. The van der Waals surface area contributed by atoms with Crippen LogP contribution in [0.15, 0.2) is 48.3 Å². The number of fused-ring (bicyclic) bond motifs is 1. The van der Waals surface area contributed by atoms with E-state index >= 15 is 0 Å². The van der Waals surface area contributed by atoms with E-state index < -0.39 is 11.2 Å². The van der Waals surface area contributed by atoms with Gasteiger partial charge in [0.25, 0.3) is 0 Å². The molecular weight excluding hydrogens is 249 g/mol. The first kappa shape index (κ1) is 12.0. The second kappa shape index (κ2) is 4.41. The standard InChI is InChI=1S/C13H8ClF3/c14-13(16,17)12(15)8-10-6-3-5-9-4-1-2-7-11(9)10/h1-8H/b12-8-. The third kappa shape index (κ3) is 2.61. The topological polar surface area (TPSA) is 0 Å². The lowest BCUT2D eigenvalue weighted by Gasteiger charge is -2.06. The van der Waals surface area contributed by atoms with Gasteiger partial charge in [-0.1, -0.05) is 42.5 Å². The van der Waals surface area contributed by atoms with E-state index in [9.17, 15) is 13.2 Å². The summed E-state index contributed by atoms with van der Waals surface area (Å²) in [5.74, 6) is -1.66. The molecule has 88 valence electrons. The lowest BCUT2D eigenvalue weighted by molar-refractivity contribution is 0.112. The molecule has 0 atom stereocenters. The van der Waals surface area contributed by atoms with Crippen molar-refractivity contribution in [3.05, 3.63) is 53.9 Å². The van der Waals surface area contributed by atoms with Crippen molar-refractivity contribution in [1.82, 2.24) is 0 Å². The molecule has 2 aromatic carbocycles. The number of alkyl halides is 3. The molecule has 0 aliphatic heterocycles. The summed E-state index contributed by atoms with van der Waals surface area (Å²) in [6.45, 7) is 0. The highest BCUT2D eigenvalue weighted by Gasteiger charge is 2.31. The Bertz CT molecular complexity index is 565. The van der Waals surface area contributed by atoms with Gasteiger partial charge in [0.05, 0.1) is 0 Å². The molecule has 2 rings (SSSR count). The van der Waals surface area contributed by atoms with E-state index in [1.165, 1.54) is 0 Å². The van der Waals surface area contributed by atoms with Crippen LogP contribution in [-0.2, 0) is 0 Å². The summed E-state index contributed by atoms with van der Waals surface area (Å²) < 4.78 is 38.1. The maximum absolute atomic E-state index is 13.1. The van der Waals surface area contributed by atoms with Gasteiger partial charge >= 0.3 is 5.38 Å². The summed E-state index contributed by atoms with van der Waals surface area (Å²) in [6, 6.07) is 12.2. The molecule has 0 aliphatic rings. The fourth-order valence-electron chi connectivity index (χ4n) is 1.59. The van der Waals surface area contributed by atoms with Gasteiger partial charge in [-0.05, 0) is 34.0 Å². The fourth-order valence-corrected chi connectivity index (χ4v) is 1.65. The molecule has 4 heteroatoms. The first-order valence-electron chi connectivity index (χ1n) is 4.90. The average molecular weight is 257 g/mol. The van der Waals surface area contributed by atoms with E-state index in [0.29, 0.717) is 10.9 Å². The van der Waals surface area contributed by atoms with Crippen molar-refractivity contribution in [1.29, 1.82) is 0 Å². The summed E-state index contributed by atoms with van der Waals surface area (Å²) in [6.07, 6.45) is 0.759. The van der Waals surface area contributed by atoms with E-state index in [1.54, 1.807) is 24.3 Å². The zero-order valence-corrected chi connectivity index (χ0v) is 9.39. The molecule has 0 bridgehead atoms. The molecule has 0 spiro atoms. The van der Waals surface area contributed by atoms with Crippen LogP contribution >= 0.6 is 11.6 Å². The van der Waals surface area contributed by atoms with Crippen molar-refractivity contribution in [2.24, 2.45) is 0 Å². The van der Waals surface area contributed by atoms with Gasteiger partial charge in [-0.25, -0.2) is 4.39 Å². The van der Waals surface area contributed by atoms with E-state index in [1.807, 2.05) is 18.2 Å². The van der Waals surface area contributed by atoms with Crippen molar-refractivity contribution in [3.8, 4) is 0 Å².